The van der Waals surface area contributed by atoms with Gasteiger partial charge in [0.1, 0.15) is 11.3 Å². The summed E-state index contributed by atoms with van der Waals surface area (Å²) in [5.74, 6) is -3.72. The standard InChI is InChI=1S/C23H15F3O7/c1-2-29-15-6-3-4-7-16(15)32-20-19(27)14-10-9-13(31-22(28)17-8-5-11-30-17)12-18(14)33-21(20)23(24,25)26/h3-12H,2H2,1H3. The molecule has 0 radical (unpaired) electrons. The lowest BCUT2D eigenvalue weighted by molar-refractivity contribution is -0.154. The van der Waals surface area contributed by atoms with Crippen LogP contribution in [-0.2, 0) is 6.18 Å². The van der Waals surface area contributed by atoms with Crippen molar-refractivity contribution in [3.63, 3.8) is 0 Å². The highest BCUT2D eigenvalue weighted by molar-refractivity contribution is 5.89. The first-order chi connectivity index (χ1) is 15.8. The molecule has 0 N–H and O–H groups in total. The lowest BCUT2D eigenvalue weighted by Crippen LogP contribution is -2.16. The monoisotopic (exact) mass is 460 g/mol. The van der Waals surface area contributed by atoms with Gasteiger partial charge in [0.05, 0.1) is 18.3 Å². The Morgan fingerprint density at radius 2 is 1.79 bits per heavy atom. The quantitative estimate of drug-likeness (QED) is 0.265. The average Bonchev–Trinajstić information content (AvgIpc) is 3.31. The van der Waals surface area contributed by atoms with Crippen LogP contribution in [0.15, 0.2) is 74.5 Å². The van der Waals surface area contributed by atoms with Crippen LogP contribution in [0.1, 0.15) is 23.2 Å². The van der Waals surface area contributed by atoms with E-state index in [1.54, 1.807) is 13.0 Å². The number of furan rings is 1. The van der Waals surface area contributed by atoms with E-state index in [2.05, 4.69) is 0 Å². The van der Waals surface area contributed by atoms with Crippen molar-refractivity contribution in [3.05, 3.63) is 82.6 Å². The third-order valence-corrected chi connectivity index (χ3v) is 4.37. The summed E-state index contributed by atoms with van der Waals surface area (Å²) in [6, 6.07) is 12.2. The molecule has 0 saturated carbocycles. The fraction of sp³-hybridized carbons (Fsp3) is 0.130. The van der Waals surface area contributed by atoms with E-state index >= 15 is 0 Å². The van der Waals surface area contributed by atoms with Crippen LogP contribution >= 0.6 is 0 Å². The molecule has 0 aliphatic rings. The first-order valence-corrected chi connectivity index (χ1v) is 9.61. The molecule has 2 aromatic heterocycles. The molecular weight excluding hydrogens is 445 g/mol. The average molecular weight is 460 g/mol. The van der Waals surface area contributed by atoms with Gasteiger partial charge >= 0.3 is 12.1 Å². The Kier molecular flexibility index (Phi) is 5.82. The summed E-state index contributed by atoms with van der Waals surface area (Å²) in [5, 5.41) is -0.204. The molecule has 4 aromatic rings. The zero-order chi connectivity index (χ0) is 23.6. The van der Waals surface area contributed by atoms with E-state index in [0.29, 0.717) is 0 Å². The van der Waals surface area contributed by atoms with E-state index in [-0.39, 0.29) is 35.0 Å². The van der Waals surface area contributed by atoms with Crippen molar-refractivity contribution in [2.75, 3.05) is 6.61 Å². The SMILES string of the molecule is CCOc1ccccc1Oc1c(C(F)(F)F)oc2cc(OC(=O)c3ccco3)ccc2c1=O. The number of halogens is 3. The summed E-state index contributed by atoms with van der Waals surface area (Å²) in [4.78, 5) is 25.0. The lowest BCUT2D eigenvalue weighted by atomic mass is 10.2. The Hall–Kier alpha value is -4.21. The van der Waals surface area contributed by atoms with Crippen LogP contribution in [0.2, 0.25) is 0 Å². The summed E-state index contributed by atoms with van der Waals surface area (Å²) in [7, 11) is 0. The van der Waals surface area contributed by atoms with Gasteiger partial charge in [-0.15, -0.1) is 0 Å². The number of hydrogen-bond acceptors (Lipinski definition) is 7. The van der Waals surface area contributed by atoms with E-state index in [0.717, 1.165) is 6.07 Å². The highest BCUT2D eigenvalue weighted by Crippen LogP contribution is 2.40. The van der Waals surface area contributed by atoms with Gasteiger partial charge in [0.25, 0.3) is 5.76 Å². The molecule has 2 aromatic carbocycles. The van der Waals surface area contributed by atoms with Crippen molar-refractivity contribution >= 4 is 16.9 Å². The first-order valence-electron chi connectivity index (χ1n) is 9.61. The molecule has 0 spiro atoms. The van der Waals surface area contributed by atoms with E-state index in [1.807, 2.05) is 0 Å². The van der Waals surface area contributed by atoms with Gasteiger partial charge in [-0.25, -0.2) is 4.79 Å². The van der Waals surface area contributed by atoms with Crippen LogP contribution in [0.5, 0.6) is 23.0 Å². The predicted octanol–water partition coefficient (Wildman–Crippen LogP) is 5.82. The Labute approximate surface area is 183 Å². The summed E-state index contributed by atoms with van der Waals surface area (Å²) < 4.78 is 67.0. The number of esters is 1. The second-order valence-electron chi connectivity index (χ2n) is 6.59. The molecular formula is C23H15F3O7. The fourth-order valence-electron chi connectivity index (χ4n) is 2.97. The number of ether oxygens (including phenoxy) is 3. The topological polar surface area (TPSA) is 88.1 Å². The van der Waals surface area contributed by atoms with Crippen molar-refractivity contribution in [2.45, 2.75) is 13.1 Å². The molecule has 170 valence electrons. The second kappa shape index (κ2) is 8.73. The molecule has 2 heterocycles. The third-order valence-electron chi connectivity index (χ3n) is 4.37. The molecule has 33 heavy (non-hydrogen) atoms. The summed E-state index contributed by atoms with van der Waals surface area (Å²) in [5.41, 5.74) is -1.50. The van der Waals surface area contributed by atoms with E-state index < -0.39 is 34.7 Å². The number of fused-ring (bicyclic) bond motifs is 1. The van der Waals surface area contributed by atoms with E-state index in [1.165, 1.54) is 48.7 Å². The highest BCUT2D eigenvalue weighted by Gasteiger charge is 2.40. The minimum absolute atomic E-state index is 0.0829. The summed E-state index contributed by atoms with van der Waals surface area (Å²) in [6.45, 7) is 1.93. The summed E-state index contributed by atoms with van der Waals surface area (Å²) >= 11 is 0. The predicted molar refractivity (Wildman–Crippen MR) is 109 cm³/mol. The van der Waals surface area contributed by atoms with E-state index in [9.17, 15) is 22.8 Å². The molecule has 0 atom stereocenters. The maximum Gasteiger partial charge on any atom is 0.453 e. The number of carbonyl (C=O) groups excluding carboxylic acids is 1. The summed E-state index contributed by atoms with van der Waals surface area (Å²) in [6.07, 6.45) is -3.79. The number of carbonyl (C=O) groups is 1. The zero-order valence-corrected chi connectivity index (χ0v) is 17.0. The minimum Gasteiger partial charge on any atom is -0.490 e. The number of para-hydroxylation sites is 2. The van der Waals surface area contributed by atoms with Gasteiger partial charge < -0.3 is 23.0 Å². The van der Waals surface area contributed by atoms with Crippen LogP contribution < -0.4 is 19.6 Å². The Bertz CT molecular complexity index is 1350. The fourth-order valence-corrected chi connectivity index (χ4v) is 2.97. The molecule has 10 heteroatoms. The van der Waals surface area contributed by atoms with Crippen molar-refractivity contribution in [1.29, 1.82) is 0 Å². The largest absolute Gasteiger partial charge is 0.490 e. The van der Waals surface area contributed by atoms with Crippen LogP contribution in [0.4, 0.5) is 13.2 Å². The van der Waals surface area contributed by atoms with Crippen LogP contribution in [0.3, 0.4) is 0 Å². The maximum atomic E-state index is 13.8. The Balaban J connectivity index is 1.79. The molecule has 0 fully saturated rings. The van der Waals surface area contributed by atoms with Crippen molar-refractivity contribution in [2.24, 2.45) is 0 Å². The van der Waals surface area contributed by atoms with Gasteiger partial charge in [-0.2, -0.15) is 13.2 Å². The zero-order valence-electron chi connectivity index (χ0n) is 17.0. The van der Waals surface area contributed by atoms with Crippen LogP contribution in [0, 0.1) is 0 Å². The van der Waals surface area contributed by atoms with E-state index in [4.69, 9.17) is 23.0 Å². The molecule has 0 saturated heterocycles. The number of benzene rings is 2. The maximum absolute atomic E-state index is 13.8. The molecule has 0 unspecified atom stereocenters. The van der Waals surface area contributed by atoms with Crippen molar-refractivity contribution < 1.29 is 41.0 Å². The molecule has 0 bridgehead atoms. The van der Waals surface area contributed by atoms with Crippen LogP contribution in [0.25, 0.3) is 11.0 Å². The highest BCUT2D eigenvalue weighted by atomic mass is 19.4. The number of hydrogen-bond donors (Lipinski definition) is 0. The minimum atomic E-state index is -5.05. The molecule has 0 aliphatic heterocycles. The van der Waals surface area contributed by atoms with Gasteiger partial charge in [-0.05, 0) is 43.3 Å². The van der Waals surface area contributed by atoms with Gasteiger partial charge in [-0.3, -0.25) is 4.79 Å². The van der Waals surface area contributed by atoms with Crippen LogP contribution in [-0.4, -0.2) is 12.6 Å². The molecule has 0 amide bonds. The Morgan fingerprint density at radius 3 is 2.45 bits per heavy atom. The smallest absolute Gasteiger partial charge is 0.453 e. The van der Waals surface area contributed by atoms with Crippen molar-refractivity contribution in [3.8, 4) is 23.0 Å². The third kappa shape index (κ3) is 4.54. The first kappa shape index (κ1) is 22.0. The number of rotatable bonds is 6. The number of alkyl halides is 3. The molecule has 0 aliphatic carbocycles. The van der Waals surface area contributed by atoms with Crippen molar-refractivity contribution in [1.82, 2.24) is 0 Å². The molecule has 7 nitrogen and oxygen atoms in total. The lowest BCUT2D eigenvalue weighted by Gasteiger charge is -2.15. The van der Waals surface area contributed by atoms with Gasteiger partial charge in [0, 0.05) is 6.07 Å². The van der Waals surface area contributed by atoms with Gasteiger partial charge in [0.15, 0.2) is 11.5 Å². The Morgan fingerprint density at radius 1 is 1.03 bits per heavy atom. The normalized spacial score (nSPS) is 11.4. The second-order valence-corrected chi connectivity index (χ2v) is 6.59. The van der Waals surface area contributed by atoms with Gasteiger partial charge in [-0.1, -0.05) is 12.1 Å². The van der Waals surface area contributed by atoms with Gasteiger partial charge in [0.2, 0.25) is 16.9 Å². The molecule has 4 rings (SSSR count).